The molecule has 0 aromatic heterocycles. The maximum absolute atomic E-state index is 13.2. The average Bonchev–Trinajstić information content (AvgIpc) is 3.24. The Balaban J connectivity index is 2.08. The second-order valence-corrected chi connectivity index (χ2v) is 11.4. The summed E-state index contributed by atoms with van der Waals surface area (Å²) in [6.45, 7) is 10.6. The zero-order valence-corrected chi connectivity index (χ0v) is 23.6. The first-order valence-corrected chi connectivity index (χ1v) is 13.0. The van der Waals surface area contributed by atoms with Crippen LogP contribution in [0.25, 0.3) is 0 Å². The van der Waals surface area contributed by atoms with Gasteiger partial charge in [0, 0.05) is 6.04 Å². The molecule has 3 atom stereocenters. The molecule has 1 unspecified atom stereocenters. The molecule has 1 heterocycles. The van der Waals surface area contributed by atoms with Crippen molar-refractivity contribution in [3.8, 4) is 0 Å². The number of hydrogen-bond donors (Lipinski definition) is 1. The van der Waals surface area contributed by atoms with Gasteiger partial charge in [0.2, 0.25) is 0 Å². The van der Waals surface area contributed by atoms with Crippen LogP contribution >= 0.6 is 0 Å². The van der Waals surface area contributed by atoms with Gasteiger partial charge in [-0.15, -0.1) is 0 Å². The molecule has 10 nitrogen and oxygen atoms in total. The molecule has 1 aromatic rings. The molecule has 2 rings (SSSR count). The molecule has 212 valence electrons. The Morgan fingerprint density at radius 3 is 2.18 bits per heavy atom. The maximum Gasteiger partial charge on any atom is 0.411 e. The van der Waals surface area contributed by atoms with Crippen molar-refractivity contribution in [1.82, 2.24) is 10.2 Å². The summed E-state index contributed by atoms with van der Waals surface area (Å²) < 4.78 is 21.2. The zero-order chi connectivity index (χ0) is 28.5. The van der Waals surface area contributed by atoms with E-state index in [1.165, 1.54) is 12.0 Å². The van der Waals surface area contributed by atoms with Crippen molar-refractivity contribution in [3.05, 3.63) is 35.9 Å². The third-order valence-electron chi connectivity index (χ3n) is 5.80. The van der Waals surface area contributed by atoms with E-state index in [0.29, 0.717) is 25.7 Å². The van der Waals surface area contributed by atoms with Gasteiger partial charge in [-0.1, -0.05) is 30.3 Å². The molecule has 0 saturated carbocycles. The number of carbonyl (C=O) groups is 4. The first kappa shape index (κ1) is 30.9. The van der Waals surface area contributed by atoms with Gasteiger partial charge >= 0.3 is 24.1 Å². The third-order valence-corrected chi connectivity index (χ3v) is 5.80. The van der Waals surface area contributed by atoms with Gasteiger partial charge in [0.05, 0.1) is 7.11 Å². The minimum Gasteiger partial charge on any atom is -0.467 e. The molecule has 1 N–H and O–H groups in total. The number of nitrogens with zero attached hydrogens (tertiary/aromatic N) is 1. The van der Waals surface area contributed by atoms with Crippen molar-refractivity contribution in [3.63, 3.8) is 0 Å². The first-order valence-electron chi connectivity index (χ1n) is 13.0. The van der Waals surface area contributed by atoms with Crippen LogP contribution < -0.4 is 5.32 Å². The summed E-state index contributed by atoms with van der Waals surface area (Å²) >= 11 is 0. The molecule has 1 aromatic carbocycles. The number of carbonyl (C=O) groups excluding carboxylic acids is 4. The van der Waals surface area contributed by atoms with E-state index in [2.05, 4.69) is 5.32 Å². The van der Waals surface area contributed by atoms with Crippen molar-refractivity contribution in [2.45, 2.75) is 110 Å². The molecule has 38 heavy (non-hydrogen) atoms. The molecule has 0 spiro atoms. The summed E-state index contributed by atoms with van der Waals surface area (Å²) in [5.74, 6) is -1.07. The topological polar surface area (TPSA) is 120 Å². The van der Waals surface area contributed by atoms with Crippen LogP contribution in [0.4, 0.5) is 9.59 Å². The van der Waals surface area contributed by atoms with E-state index in [4.69, 9.17) is 18.9 Å². The molecule has 1 fully saturated rings. The minimum absolute atomic E-state index is 0.0775. The number of alkyl carbamates (subject to hydrolysis) is 1. The lowest BCUT2D eigenvalue weighted by Crippen LogP contribution is -2.47. The van der Waals surface area contributed by atoms with E-state index in [0.717, 1.165) is 5.56 Å². The van der Waals surface area contributed by atoms with Gasteiger partial charge in [0.25, 0.3) is 0 Å². The van der Waals surface area contributed by atoms with Gasteiger partial charge in [-0.3, -0.25) is 4.90 Å². The number of ether oxygens (including phenoxy) is 4. The summed E-state index contributed by atoms with van der Waals surface area (Å²) in [7, 11) is 1.25. The number of nitrogens with one attached hydrogen (secondary N) is 1. The van der Waals surface area contributed by atoms with Crippen LogP contribution in [0.2, 0.25) is 0 Å². The van der Waals surface area contributed by atoms with Crippen LogP contribution in [0.5, 0.6) is 0 Å². The van der Waals surface area contributed by atoms with Crippen molar-refractivity contribution < 1.29 is 38.1 Å². The number of amides is 2. The van der Waals surface area contributed by atoms with Crippen LogP contribution in [0.1, 0.15) is 79.2 Å². The van der Waals surface area contributed by atoms with Gasteiger partial charge in [-0.25, -0.2) is 19.2 Å². The summed E-state index contributed by atoms with van der Waals surface area (Å²) in [5, 5.41) is 2.56. The number of rotatable bonds is 9. The Morgan fingerprint density at radius 2 is 1.61 bits per heavy atom. The maximum atomic E-state index is 13.2. The molecule has 0 radical (unpaired) electrons. The van der Waals surface area contributed by atoms with Crippen molar-refractivity contribution in [2.24, 2.45) is 0 Å². The van der Waals surface area contributed by atoms with E-state index in [-0.39, 0.29) is 19.1 Å². The molecule has 0 bridgehead atoms. The van der Waals surface area contributed by atoms with Gasteiger partial charge < -0.3 is 24.3 Å². The lowest BCUT2D eigenvalue weighted by molar-refractivity contribution is -0.160. The Morgan fingerprint density at radius 1 is 0.974 bits per heavy atom. The lowest BCUT2D eigenvalue weighted by Gasteiger charge is -2.31. The van der Waals surface area contributed by atoms with Crippen molar-refractivity contribution in [1.29, 1.82) is 0 Å². The fourth-order valence-electron chi connectivity index (χ4n) is 4.24. The smallest absolute Gasteiger partial charge is 0.411 e. The molecule has 2 amide bonds. The molecule has 0 aliphatic carbocycles. The summed E-state index contributed by atoms with van der Waals surface area (Å²) in [5.41, 5.74) is -0.582. The van der Waals surface area contributed by atoms with Gasteiger partial charge in [0.1, 0.15) is 29.9 Å². The second-order valence-electron chi connectivity index (χ2n) is 11.4. The largest absolute Gasteiger partial charge is 0.467 e. The molecule has 1 aliphatic heterocycles. The third kappa shape index (κ3) is 10.2. The van der Waals surface area contributed by atoms with Crippen molar-refractivity contribution >= 4 is 24.1 Å². The summed E-state index contributed by atoms with van der Waals surface area (Å²) in [6.07, 6.45) is 0.941. The van der Waals surface area contributed by atoms with Gasteiger partial charge in [-0.2, -0.15) is 0 Å². The number of likely N-dealkylation sites (tertiary alicyclic amines) is 1. The van der Waals surface area contributed by atoms with Crippen LogP contribution in [0, 0.1) is 0 Å². The Kier molecular flexibility index (Phi) is 11.0. The van der Waals surface area contributed by atoms with Crippen LogP contribution in [0.15, 0.2) is 30.3 Å². The number of hydrogen-bond acceptors (Lipinski definition) is 8. The van der Waals surface area contributed by atoms with E-state index < -0.39 is 47.4 Å². The van der Waals surface area contributed by atoms with E-state index in [1.807, 2.05) is 30.3 Å². The highest BCUT2D eigenvalue weighted by atomic mass is 16.6. The Labute approximate surface area is 225 Å². The molecular weight excluding hydrogens is 492 g/mol. The molecule has 10 heteroatoms. The number of esters is 2. The second kappa shape index (κ2) is 13.5. The molecule has 1 saturated heterocycles. The lowest BCUT2D eigenvalue weighted by atomic mass is 10.0. The highest BCUT2D eigenvalue weighted by Gasteiger charge is 2.43. The monoisotopic (exact) mass is 534 g/mol. The SMILES string of the molecule is COC(=O)C(CCC[C@@H]1CC[C@@H](C(=O)OC(C)(C)C)N1C(=O)OCc1ccccc1)NC(=O)OC(C)(C)C. The highest BCUT2D eigenvalue weighted by molar-refractivity contribution is 5.83. The molecular formula is C28H42N2O8. The first-order chi connectivity index (χ1) is 17.7. The predicted molar refractivity (Wildman–Crippen MR) is 140 cm³/mol. The van der Waals surface area contributed by atoms with Gasteiger partial charge in [0.15, 0.2) is 0 Å². The predicted octanol–water partition coefficient (Wildman–Crippen LogP) is 4.73. The van der Waals surface area contributed by atoms with Crippen LogP contribution in [-0.2, 0) is 35.1 Å². The van der Waals surface area contributed by atoms with E-state index in [1.54, 1.807) is 41.5 Å². The average molecular weight is 535 g/mol. The minimum atomic E-state index is -0.906. The fraction of sp³-hybridized carbons (Fsp3) is 0.643. The van der Waals surface area contributed by atoms with E-state index in [9.17, 15) is 19.2 Å². The quantitative estimate of drug-likeness (QED) is 0.356. The Hall–Kier alpha value is -3.30. The van der Waals surface area contributed by atoms with Crippen LogP contribution in [0.3, 0.4) is 0 Å². The van der Waals surface area contributed by atoms with Gasteiger partial charge in [-0.05, 0) is 79.2 Å². The highest BCUT2D eigenvalue weighted by Crippen LogP contribution is 2.31. The Bertz CT molecular complexity index is 952. The summed E-state index contributed by atoms with van der Waals surface area (Å²) in [6, 6.07) is 7.32. The van der Waals surface area contributed by atoms with Crippen molar-refractivity contribution in [2.75, 3.05) is 7.11 Å². The molecule has 1 aliphatic rings. The zero-order valence-electron chi connectivity index (χ0n) is 23.6. The standard InChI is InChI=1S/C28H42N2O8/c1-27(2,3)37-24(32)22-17-16-20(30(22)26(34)36-18-19-12-9-8-10-13-19)14-11-15-21(23(31)35-7)29-25(33)38-28(4,5)6/h8-10,12-13,20-22H,11,14-18H2,1-7H3,(H,29,33)/t20-,21?,22+/m1/s1. The summed E-state index contributed by atoms with van der Waals surface area (Å²) in [4.78, 5) is 52.1. The normalized spacial score (nSPS) is 18.3. The van der Waals surface area contributed by atoms with E-state index >= 15 is 0 Å². The number of methoxy groups -OCH3 is 1. The van der Waals surface area contributed by atoms with Crippen LogP contribution in [-0.4, -0.2) is 65.5 Å². The fourth-order valence-corrected chi connectivity index (χ4v) is 4.24. The number of benzene rings is 1.